The molecule has 0 radical (unpaired) electrons. The number of nitrogen functional groups attached to an aromatic ring is 1. The Morgan fingerprint density at radius 3 is 2.47 bits per heavy atom. The molecule has 104 valence electrons. The predicted octanol–water partition coefficient (Wildman–Crippen LogP) is 0.0680. The summed E-state index contributed by atoms with van der Waals surface area (Å²) < 4.78 is 32.0. The van der Waals surface area contributed by atoms with Crippen molar-refractivity contribution in [3.05, 3.63) is 17.7 Å². The molecule has 1 amide bonds. The lowest BCUT2D eigenvalue weighted by Gasteiger charge is -2.23. The Morgan fingerprint density at radius 2 is 1.89 bits per heavy atom. The monoisotopic (exact) mass is 287 g/mol. The Labute approximate surface area is 110 Å². The summed E-state index contributed by atoms with van der Waals surface area (Å²) in [5, 5.41) is 0.958. The molecule has 0 aromatic heterocycles. The molecule has 19 heavy (non-hydrogen) atoms. The van der Waals surface area contributed by atoms with Gasteiger partial charge in [-0.3, -0.25) is 9.80 Å². The van der Waals surface area contributed by atoms with Gasteiger partial charge in [0.25, 0.3) is 0 Å². The third kappa shape index (κ3) is 2.29. The fourth-order valence-electron chi connectivity index (χ4n) is 1.74. The SMILES string of the molecule is CC(=O)N(N)C(C)c1ccc(N)c2c1OS(=O)(=O)O2. The minimum Gasteiger partial charge on any atom is -0.396 e. The molecule has 0 aliphatic carbocycles. The van der Waals surface area contributed by atoms with Crippen molar-refractivity contribution in [1.29, 1.82) is 0 Å². The van der Waals surface area contributed by atoms with Crippen LogP contribution in [0.25, 0.3) is 0 Å². The van der Waals surface area contributed by atoms with E-state index in [9.17, 15) is 13.2 Å². The highest BCUT2D eigenvalue weighted by molar-refractivity contribution is 7.82. The second-order valence-electron chi connectivity index (χ2n) is 4.08. The number of carbonyl (C=O) groups excluding carboxylic acids is 1. The van der Waals surface area contributed by atoms with Crippen LogP contribution in [-0.2, 0) is 15.2 Å². The Morgan fingerprint density at radius 1 is 1.32 bits per heavy atom. The number of fused-ring (bicyclic) bond motifs is 1. The predicted molar refractivity (Wildman–Crippen MR) is 66.2 cm³/mol. The van der Waals surface area contributed by atoms with Gasteiger partial charge in [-0.25, -0.2) is 5.84 Å². The first-order valence-corrected chi connectivity index (χ1v) is 6.67. The molecule has 1 aliphatic rings. The molecule has 1 heterocycles. The first kappa shape index (κ1) is 13.4. The number of anilines is 1. The van der Waals surface area contributed by atoms with Crippen molar-refractivity contribution < 1.29 is 21.6 Å². The van der Waals surface area contributed by atoms with Gasteiger partial charge >= 0.3 is 10.4 Å². The zero-order valence-electron chi connectivity index (χ0n) is 10.3. The number of hydrogen-bond donors (Lipinski definition) is 2. The number of amides is 1. The van der Waals surface area contributed by atoms with Crippen LogP contribution in [0.15, 0.2) is 12.1 Å². The molecule has 4 N–H and O–H groups in total. The Hall–Kier alpha value is -2.00. The summed E-state index contributed by atoms with van der Waals surface area (Å²) in [6, 6.07) is 2.40. The second-order valence-corrected chi connectivity index (χ2v) is 5.23. The average Bonchev–Trinajstić information content (AvgIpc) is 2.64. The maximum atomic E-state index is 11.3. The average molecular weight is 287 g/mol. The first-order valence-electron chi connectivity index (χ1n) is 5.33. The second kappa shape index (κ2) is 4.28. The summed E-state index contributed by atoms with van der Waals surface area (Å²) in [5.41, 5.74) is 6.13. The van der Waals surface area contributed by atoms with E-state index in [-0.39, 0.29) is 23.1 Å². The first-order chi connectivity index (χ1) is 8.73. The van der Waals surface area contributed by atoms with E-state index in [1.807, 2.05) is 0 Å². The lowest BCUT2D eigenvalue weighted by Crippen LogP contribution is -2.37. The molecule has 9 heteroatoms. The molecule has 0 bridgehead atoms. The minimum atomic E-state index is -4.15. The lowest BCUT2D eigenvalue weighted by atomic mass is 10.1. The maximum absolute atomic E-state index is 11.3. The van der Waals surface area contributed by atoms with Gasteiger partial charge in [0.05, 0.1) is 11.7 Å². The molecule has 0 saturated heterocycles. The van der Waals surface area contributed by atoms with Gasteiger partial charge in [-0.15, -0.1) is 8.42 Å². The van der Waals surface area contributed by atoms with Gasteiger partial charge in [0.2, 0.25) is 11.7 Å². The largest absolute Gasteiger partial charge is 0.501 e. The summed E-state index contributed by atoms with van der Waals surface area (Å²) in [5.74, 6) is 5.10. The van der Waals surface area contributed by atoms with Gasteiger partial charge < -0.3 is 14.1 Å². The standard InChI is InChI=1S/C10H13N3O5S/c1-5(13(12)6(2)14)7-3-4-8(11)10-9(7)17-19(15,16)18-10/h3-5H,11-12H2,1-2H3. The Kier molecular flexibility index (Phi) is 3.03. The third-order valence-electron chi connectivity index (χ3n) is 2.77. The zero-order chi connectivity index (χ0) is 14.4. The van der Waals surface area contributed by atoms with Gasteiger partial charge in [0.1, 0.15) is 0 Å². The zero-order valence-corrected chi connectivity index (χ0v) is 11.1. The summed E-state index contributed by atoms with van der Waals surface area (Å²) in [7, 11) is -4.15. The van der Waals surface area contributed by atoms with E-state index in [4.69, 9.17) is 15.8 Å². The van der Waals surface area contributed by atoms with Crippen molar-refractivity contribution in [2.45, 2.75) is 19.9 Å². The van der Waals surface area contributed by atoms with E-state index in [0.717, 1.165) is 5.01 Å². The fourth-order valence-corrected chi connectivity index (χ4v) is 2.52. The van der Waals surface area contributed by atoms with Crippen LogP contribution in [0.5, 0.6) is 11.5 Å². The molecule has 1 unspecified atom stereocenters. The van der Waals surface area contributed by atoms with Gasteiger partial charge in [0, 0.05) is 12.5 Å². The van der Waals surface area contributed by atoms with Crippen molar-refractivity contribution in [3.8, 4) is 11.5 Å². The summed E-state index contributed by atoms with van der Waals surface area (Å²) in [4.78, 5) is 11.2. The van der Waals surface area contributed by atoms with Crippen LogP contribution >= 0.6 is 0 Å². The van der Waals surface area contributed by atoms with Crippen LogP contribution in [0.3, 0.4) is 0 Å². The van der Waals surface area contributed by atoms with Crippen LogP contribution in [-0.4, -0.2) is 19.3 Å². The molecule has 1 atom stereocenters. The molecule has 1 aromatic carbocycles. The molecule has 0 spiro atoms. The van der Waals surface area contributed by atoms with E-state index in [0.29, 0.717) is 5.56 Å². The highest BCUT2D eigenvalue weighted by atomic mass is 32.3. The van der Waals surface area contributed by atoms with Crippen LogP contribution in [0, 0.1) is 0 Å². The molecule has 8 nitrogen and oxygen atoms in total. The number of rotatable bonds is 2. The number of carbonyl (C=O) groups is 1. The number of hydrogen-bond acceptors (Lipinski definition) is 7. The van der Waals surface area contributed by atoms with Crippen LogP contribution in [0.2, 0.25) is 0 Å². The molecule has 1 aliphatic heterocycles. The molecular weight excluding hydrogens is 274 g/mol. The molecule has 0 saturated carbocycles. The summed E-state index contributed by atoms with van der Waals surface area (Å²) in [6.07, 6.45) is 0. The molecular formula is C10H13N3O5S. The van der Waals surface area contributed by atoms with Crippen molar-refractivity contribution in [2.24, 2.45) is 5.84 Å². The summed E-state index contributed by atoms with van der Waals surface area (Å²) >= 11 is 0. The van der Waals surface area contributed by atoms with E-state index in [2.05, 4.69) is 4.18 Å². The van der Waals surface area contributed by atoms with Crippen LogP contribution < -0.4 is 19.9 Å². The number of nitrogens with zero attached hydrogens (tertiary/aromatic N) is 1. The highest BCUT2D eigenvalue weighted by Gasteiger charge is 2.35. The van der Waals surface area contributed by atoms with Crippen molar-refractivity contribution >= 4 is 22.0 Å². The van der Waals surface area contributed by atoms with Crippen LogP contribution in [0.4, 0.5) is 5.69 Å². The van der Waals surface area contributed by atoms with E-state index in [1.165, 1.54) is 19.1 Å². The molecule has 2 rings (SSSR count). The number of benzene rings is 1. The highest BCUT2D eigenvalue weighted by Crippen LogP contribution is 2.45. The van der Waals surface area contributed by atoms with E-state index < -0.39 is 16.4 Å². The number of hydrazine groups is 1. The third-order valence-corrected chi connectivity index (χ3v) is 3.52. The van der Waals surface area contributed by atoms with E-state index >= 15 is 0 Å². The maximum Gasteiger partial charge on any atom is 0.501 e. The van der Waals surface area contributed by atoms with Crippen molar-refractivity contribution in [3.63, 3.8) is 0 Å². The Balaban J connectivity index is 2.51. The Bertz CT molecular complexity index is 643. The molecule has 1 aromatic rings. The quantitative estimate of drug-likeness (QED) is 0.341. The molecule has 0 fully saturated rings. The lowest BCUT2D eigenvalue weighted by molar-refractivity contribution is -0.131. The summed E-state index contributed by atoms with van der Waals surface area (Å²) in [6.45, 7) is 2.92. The van der Waals surface area contributed by atoms with Gasteiger partial charge in [-0.2, -0.15) is 0 Å². The van der Waals surface area contributed by atoms with Crippen molar-refractivity contribution in [2.75, 3.05) is 5.73 Å². The number of nitrogens with two attached hydrogens (primary N) is 2. The fraction of sp³-hybridized carbons (Fsp3) is 0.300. The van der Waals surface area contributed by atoms with E-state index in [1.54, 1.807) is 6.92 Å². The van der Waals surface area contributed by atoms with Gasteiger partial charge in [0.15, 0.2) is 5.75 Å². The van der Waals surface area contributed by atoms with Gasteiger partial charge in [-0.05, 0) is 13.0 Å². The minimum absolute atomic E-state index is 0.0378. The van der Waals surface area contributed by atoms with Crippen molar-refractivity contribution in [1.82, 2.24) is 5.01 Å². The smallest absolute Gasteiger partial charge is 0.396 e. The van der Waals surface area contributed by atoms with Gasteiger partial charge in [-0.1, -0.05) is 6.07 Å². The topological polar surface area (TPSA) is 125 Å². The van der Waals surface area contributed by atoms with Crippen LogP contribution in [0.1, 0.15) is 25.5 Å². The normalized spacial score (nSPS) is 17.0.